The third-order valence-electron chi connectivity index (χ3n) is 4.16. The monoisotopic (exact) mass is 366 g/mol. The predicted octanol–water partition coefficient (Wildman–Crippen LogP) is 2.51. The molecule has 1 aliphatic heterocycles. The van der Waals surface area contributed by atoms with E-state index < -0.39 is 34.2 Å². The molecule has 1 aliphatic rings. The van der Waals surface area contributed by atoms with Crippen LogP contribution in [0.1, 0.15) is 67.7 Å². The smallest absolute Gasteiger partial charge is 0.338 e. The van der Waals surface area contributed by atoms with Crippen molar-refractivity contribution in [1.82, 2.24) is 10.4 Å². The molecule has 0 unspecified atom stereocenters. The molecule has 0 saturated carbocycles. The second-order valence-electron chi connectivity index (χ2n) is 9.16. The van der Waals surface area contributed by atoms with Gasteiger partial charge in [0.1, 0.15) is 0 Å². The molecule has 0 spiro atoms. The van der Waals surface area contributed by atoms with Crippen molar-refractivity contribution in [2.45, 2.75) is 73.3 Å². The van der Waals surface area contributed by atoms with Gasteiger partial charge in [-0.05, 0) is 46.5 Å². The third kappa shape index (κ3) is 5.68. The van der Waals surface area contributed by atoms with Crippen molar-refractivity contribution in [3.05, 3.63) is 12.2 Å². The molecule has 0 aliphatic carbocycles. The maximum atomic E-state index is 12.6. The summed E-state index contributed by atoms with van der Waals surface area (Å²) in [5, 5.41) is 3.38. The fourth-order valence-electron chi connectivity index (χ4n) is 3.11. The molecule has 0 radical (unpaired) electrons. The number of rotatable bonds is 6. The largest absolute Gasteiger partial charge is 0.347 e. The Kier molecular flexibility index (Phi) is 6.06. The summed E-state index contributed by atoms with van der Waals surface area (Å²) < 4.78 is 0. The molecule has 7 nitrogen and oxygen atoms in total. The molecule has 0 aromatic heterocycles. The lowest BCUT2D eigenvalue weighted by atomic mass is 9.80. The van der Waals surface area contributed by atoms with Crippen molar-refractivity contribution < 1.29 is 24.0 Å². The first-order valence-corrected chi connectivity index (χ1v) is 8.63. The van der Waals surface area contributed by atoms with Gasteiger partial charge in [0.05, 0.1) is 5.41 Å². The molecule has 1 heterocycles. The van der Waals surface area contributed by atoms with Crippen molar-refractivity contribution in [2.75, 3.05) is 0 Å². The molecule has 0 atom stereocenters. The topological polar surface area (TPSA) is 92.8 Å². The first kappa shape index (κ1) is 21.9. The number of nitrogens with one attached hydrogen (secondary N) is 1. The summed E-state index contributed by atoms with van der Waals surface area (Å²) in [7, 11) is 0. The zero-order valence-corrected chi connectivity index (χ0v) is 16.8. The van der Waals surface area contributed by atoms with Crippen molar-refractivity contribution in [3.63, 3.8) is 0 Å². The predicted molar refractivity (Wildman–Crippen MR) is 96.4 cm³/mol. The van der Waals surface area contributed by atoms with E-state index in [1.165, 1.54) is 0 Å². The summed E-state index contributed by atoms with van der Waals surface area (Å²) in [6.45, 7) is 15.7. The molecule has 1 saturated heterocycles. The van der Waals surface area contributed by atoms with Crippen LogP contribution >= 0.6 is 0 Å². The molecule has 0 aromatic carbocycles. The lowest BCUT2D eigenvalue weighted by Gasteiger charge is -2.37. The van der Waals surface area contributed by atoms with Gasteiger partial charge in [-0.2, -0.15) is 0 Å². The summed E-state index contributed by atoms with van der Waals surface area (Å²) in [5.74, 6) is -2.05. The highest BCUT2D eigenvalue weighted by Gasteiger charge is 2.43. The Morgan fingerprint density at radius 1 is 1.15 bits per heavy atom. The quantitative estimate of drug-likeness (QED) is 0.576. The minimum absolute atomic E-state index is 0.132. The molecule has 1 fully saturated rings. The molecule has 0 bridgehead atoms. The maximum absolute atomic E-state index is 12.6. The summed E-state index contributed by atoms with van der Waals surface area (Å²) in [5.41, 5.74) is -1.82. The lowest BCUT2D eigenvalue weighted by Crippen LogP contribution is -2.51. The summed E-state index contributed by atoms with van der Waals surface area (Å²) >= 11 is 0. The van der Waals surface area contributed by atoms with Crippen LogP contribution in [0.25, 0.3) is 0 Å². The molecular formula is C19H30N2O5. The number of hydrogen-bond acceptors (Lipinski definition) is 5. The Bertz CT molecular complexity index is 626. The molecule has 3 amide bonds. The van der Waals surface area contributed by atoms with Crippen molar-refractivity contribution in [1.29, 1.82) is 0 Å². The number of imide groups is 1. The first-order chi connectivity index (χ1) is 11.6. The van der Waals surface area contributed by atoms with Gasteiger partial charge in [0.2, 0.25) is 5.91 Å². The van der Waals surface area contributed by atoms with E-state index in [2.05, 4.69) is 11.9 Å². The molecule has 146 valence electrons. The lowest BCUT2D eigenvalue weighted by molar-refractivity contribution is -0.215. The van der Waals surface area contributed by atoms with Gasteiger partial charge >= 0.3 is 5.97 Å². The van der Waals surface area contributed by atoms with Crippen LogP contribution in [0, 0.1) is 10.8 Å². The van der Waals surface area contributed by atoms with E-state index in [1.54, 1.807) is 34.6 Å². The number of hydroxylamine groups is 2. The van der Waals surface area contributed by atoms with Crippen molar-refractivity contribution in [3.8, 4) is 0 Å². The molecule has 7 heteroatoms. The van der Waals surface area contributed by atoms with Gasteiger partial charge in [-0.3, -0.25) is 14.4 Å². The summed E-state index contributed by atoms with van der Waals surface area (Å²) in [6.07, 6.45) is 0.513. The average molecular weight is 366 g/mol. The SMILES string of the molecule is C=C(C)C(=O)NC(C)(C)CC(C)(C)C(=O)ON1C(=O)CC(C)(C)CC1=O. The highest BCUT2D eigenvalue weighted by Crippen LogP contribution is 2.34. The van der Waals surface area contributed by atoms with Crippen LogP contribution in [0.4, 0.5) is 0 Å². The number of piperidine rings is 1. The van der Waals surface area contributed by atoms with Crippen molar-refractivity contribution >= 4 is 23.7 Å². The number of carbonyl (C=O) groups excluding carboxylic acids is 4. The normalized spacial score (nSPS) is 17.7. The van der Waals surface area contributed by atoms with Gasteiger partial charge in [0, 0.05) is 24.0 Å². The minimum Gasteiger partial charge on any atom is -0.347 e. The van der Waals surface area contributed by atoms with Crippen LogP contribution in [0.5, 0.6) is 0 Å². The fourth-order valence-corrected chi connectivity index (χ4v) is 3.11. The van der Waals surface area contributed by atoms with Crippen LogP contribution in [-0.4, -0.2) is 34.3 Å². The van der Waals surface area contributed by atoms with Gasteiger partial charge in [0.15, 0.2) is 0 Å². The molecule has 1 N–H and O–H groups in total. The second-order valence-corrected chi connectivity index (χ2v) is 9.16. The van der Waals surface area contributed by atoms with E-state index in [9.17, 15) is 19.2 Å². The van der Waals surface area contributed by atoms with Crippen LogP contribution in [0.2, 0.25) is 0 Å². The van der Waals surface area contributed by atoms with E-state index in [1.807, 2.05) is 13.8 Å². The standard InChI is InChI=1S/C19H30N2O5/c1-12(2)15(24)20-19(7,8)11-18(5,6)16(25)26-21-13(22)9-17(3,4)10-14(21)23/h1,9-11H2,2-8H3,(H,20,24). The average Bonchev–Trinajstić information content (AvgIpc) is 2.39. The zero-order valence-electron chi connectivity index (χ0n) is 16.8. The molecular weight excluding hydrogens is 336 g/mol. The Morgan fingerprint density at radius 2 is 1.62 bits per heavy atom. The van der Waals surface area contributed by atoms with E-state index >= 15 is 0 Å². The Hall–Kier alpha value is -2.18. The van der Waals surface area contributed by atoms with Crippen LogP contribution < -0.4 is 5.32 Å². The molecule has 26 heavy (non-hydrogen) atoms. The van der Waals surface area contributed by atoms with Gasteiger partial charge in [-0.25, -0.2) is 4.79 Å². The van der Waals surface area contributed by atoms with Gasteiger partial charge in [-0.15, -0.1) is 5.06 Å². The van der Waals surface area contributed by atoms with Crippen molar-refractivity contribution in [2.24, 2.45) is 10.8 Å². The maximum Gasteiger partial charge on any atom is 0.338 e. The molecule has 1 rings (SSSR count). The highest BCUT2D eigenvalue weighted by atomic mass is 16.7. The van der Waals surface area contributed by atoms with E-state index in [0.717, 1.165) is 0 Å². The Labute approximate surface area is 155 Å². The summed E-state index contributed by atoms with van der Waals surface area (Å²) in [4.78, 5) is 53.9. The molecule has 0 aromatic rings. The third-order valence-corrected chi connectivity index (χ3v) is 4.16. The van der Waals surface area contributed by atoms with Gasteiger partial charge in [0.25, 0.3) is 11.8 Å². The van der Waals surface area contributed by atoms with Gasteiger partial charge < -0.3 is 10.2 Å². The zero-order chi connectivity index (χ0) is 20.5. The Morgan fingerprint density at radius 3 is 2.04 bits per heavy atom. The second kappa shape index (κ2) is 7.21. The highest BCUT2D eigenvalue weighted by molar-refractivity contribution is 5.98. The van der Waals surface area contributed by atoms with Crippen LogP contribution in [0.15, 0.2) is 12.2 Å². The van der Waals surface area contributed by atoms with E-state index in [0.29, 0.717) is 10.6 Å². The minimum atomic E-state index is -1.03. The first-order valence-electron chi connectivity index (χ1n) is 8.63. The van der Waals surface area contributed by atoms with E-state index in [-0.39, 0.29) is 25.2 Å². The summed E-state index contributed by atoms with van der Waals surface area (Å²) in [6, 6.07) is 0. The number of amides is 3. The van der Waals surface area contributed by atoms with Gasteiger partial charge in [-0.1, -0.05) is 20.4 Å². The number of nitrogens with zero attached hydrogens (tertiary/aromatic N) is 1. The number of carbonyl (C=O) groups is 4. The van der Waals surface area contributed by atoms with Crippen LogP contribution in [-0.2, 0) is 24.0 Å². The Balaban J connectivity index is 2.82. The fraction of sp³-hybridized carbons (Fsp3) is 0.684. The van der Waals surface area contributed by atoms with Crippen LogP contribution in [0.3, 0.4) is 0 Å². The number of hydrogen-bond donors (Lipinski definition) is 1. The van der Waals surface area contributed by atoms with E-state index in [4.69, 9.17) is 4.84 Å².